The van der Waals surface area contributed by atoms with E-state index in [-0.39, 0.29) is 18.0 Å². The van der Waals surface area contributed by atoms with Crippen LogP contribution in [0, 0.1) is 0 Å². The lowest BCUT2D eigenvalue weighted by atomic mass is 10.2. The number of carbonyl (C=O) groups is 2. The zero-order chi connectivity index (χ0) is 13.7. The van der Waals surface area contributed by atoms with Gasteiger partial charge in [0.15, 0.2) is 5.78 Å². The quantitative estimate of drug-likeness (QED) is 0.618. The maximum Gasteiger partial charge on any atom is 0.354 e. The van der Waals surface area contributed by atoms with E-state index in [1.807, 2.05) is 0 Å². The van der Waals surface area contributed by atoms with Crippen LogP contribution < -0.4 is 4.74 Å². The highest BCUT2D eigenvalue weighted by atomic mass is 35.5. The third-order valence-electron chi connectivity index (χ3n) is 2.15. The van der Waals surface area contributed by atoms with E-state index in [4.69, 9.17) is 27.9 Å². The normalized spacial score (nSPS) is 11.8. The number of Topliss-reactive ketones (excluding diaryl/α,β-unsaturated/α-hetero) is 1. The van der Waals surface area contributed by atoms with Crippen LogP contribution in [0.4, 0.5) is 0 Å². The van der Waals surface area contributed by atoms with E-state index in [0.717, 1.165) is 0 Å². The summed E-state index contributed by atoms with van der Waals surface area (Å²) in [4.78, 5) is 23.0. The fourth-order valence-electron chi connectivity index (χ4n) is 1.27. The Hall–Kier alpha value is -1.26. The summed E-state index contributed by atoms with van der Waals surface area (Å²) in [6.45, 7) is 1.63. The molecule has 6 heteroatoms. The number of ketones is 1. The minimum Gasteiger partial charge on any atom is -0.471 e. The van der Waals surface area contributed by atoms with E-state index in [0.29, 0.717) is 10.0 Å². The van der Waals surface area contributed by atoms with Gasteiger partial charge in [0.1, 0.15) is 5.75 Å². The average Bonchev–Trinajstić information content (AvgIpc) is 2.33. The van der Waals surface area contributed by atoms with E-state index in [1.54, 1.807) is 6.92 Å². The van der Waals surface area contributed by atoms with Crippen LogP contribution in [0.25, 0.3) is 0 Å². The maximum atomic E-state index is 11.6. The standard InChI is InChI=1S/C12H12Cl2O4/c1-3-10(15)11(12(16)17-2)18-9-5-7(13)4-8(14)6-9/h4-6,11H,3H2,1-2H3. The second-order valence-corrected chi connectivity index (χ2v) is 4.32. The van der Waals surface area contributed by atoms with Crippen LogP contribution >= 0.6 is 23.2 Å². The molecule has 0 saturated heterocycles. The van der Waals surface area contributed by atoms with Gasteiger partial charge in [-0.25, -0.2) is 4.79 Å². The Morgan fingerprint density at radius 2 is 1.78 bits per heavy atom. The lowest BCUT2D eigenvalue weighted by Crippen LogP contribution is -2.36. The van der Waals surface area contributed by atoms with Gasteiger partial charge in [-0.3, -0.25) is 4.79 Å². The molecule has 0 bridgehead atoms. The highest BCUT2D eigenvalue weighted by molar-refractivity contribution is 6.34. The van der Waals surface area contributed by atoms with E-state index >= 15 is 0 Å². The number of halogens is 2. The molecule has 0 spiro atoms. The van der Waals surface area contributed by atoms with Crippen LogP contribution in [-0.2, 0) is 14.3 Å². The maximum absolute atomic E-state index is 11.6. The van der Waals surface area contributed by atoms with Crippen LogP contribution in [0.3, 0.4) is 0 Å². The number of carbonyl (C=O) groups excluding carboxylic acids is 2. The van der Waals surface area contributed by atoms with Gasteiger partial charge >= 0.3 is 5.97 Å². The van der Waals surface area contributed by atoms with Crippen LogP contribution in [0.2, 0.25) is 10.0 Å². The molecule has 1 aromatic carbocycles. The third-order valence-corrected chi connectivity index (χ3v) is 2.58. The molecule has 0 aromatic heterocycles. The minimum absolute atomic E-state index is 0.161. The molecule has 0 fully saturated rings. The van der Waals surface area contributed by atoms with Crippen LogP contribution in [0.1, 0.15) is 13.3 Å². The highest BCUT2D eigenvalue weighted by Gasteiger charge is 2.28. The van der Waals surface area contributed by atoms with Gasteiger partial charge < -0.3 is 9.47 Å². The molecule has 1 rings (SSSR count). The molecule has 0 heterocycles. The Kier molecular flexibility index (Phi) is 5.44. The van der Waals surface area contributed by atoms with E-state index in [9.17, 15) is 9.59 Å². The van der Waals surface area contributed by atoms with Gasteiger partial charge in [0.2, 0.25) is 0 Å². The van der Waals surface area contributed by atoms with Crippen molar-refractivity contribution in [3.05, 3.63) is 28.2 Å². The number of ether oxygens (including phenoxy) is 2. The van der Waals surface area contributed by atoms with Crippen molar-refractivity contribution in [2.24, 2.45) is 0 Å². The molecule has 1 unspecified atom stereocenters. The Balaban J connectivity index is 2.95. The molecule has 0 aliphatic rings. The summed E-state index contributed by atoms with van der Waals surface area (Å²) in [7, 11) is 1.19. The van der Waals surface area contributed by atoms with Gasteiger partial charge in [-0.1, -0.05) is 30.1 Å². The van der Waals surface area contributed by atoms with Crippen molar-refractivity contribution in [2.75, 3.05) is 7.11 Å². The molecular formula is C12H12Cl2O4. The van der Waals surface area contributed by atoms with E-state index in [1.165, 1.54) is 25.3 Å². The van der Waals surface area contributed by atoms with Gasteiger partial charge in [0, 0.05) is 16.5 Å². The molecule has 0 saturated carbocycles. The van der Waals surface area contributed by atoms with Crippen molar-refractivity contribution in [2.45, 2.75) is 19.4 Å². The van der Waals surface area contributed by atoms with E-state index < -0.39 is 12.1 Å². The first kappa shape index (κ1) is 14.8. The third kappa shape index (κ3) is 3.89. The Bertz CT molecular complexity index is 423. The molecular weight excluding hydrogens is 279 g/mol. The van der Waals surface area contributed by atoms with Crippen molar-refractivity contribution in [1.29, 1.82) is 0 Å². The second kappa shape index (κ2) is 6.61. The van der Waals surface area contributed by atoms with Crippen LogP contribution in [-0.4, -0.2) is 25.0 Å². The Labute approximate surface area is 115 Å². The first-order valence-corrected chi connectivity index (χ1v) is 5.96. The molecule has 4 nitrogen and oxygen atoms in total. The van der Waals surface area contributed by atoms with Crippen molar-refractivity contribution in [3.8, 4) is 5.75 Å². The second-order valence-electron chi connectivity index (χ2n) is 3.45. The fourth-order valence-corrected chi connectivity index (χ4v) is 1.78. The average molecular weight is 291 g/mol. The van der Waals surface area contributed by atoms with Gasteiger partial charge in [-0.05, 0) is 18.2 Å². The monoisotopic (exact) mass is 290 g/mol. The Morgan fingerprint density at radius 3 is 2.22 bits per heavy atom. The molecule has 0 amide bonds. The summed E-state index contributed by atoms with van der Waals surface area (Å²) >= 11 is 11.6. The molecule has 0 aliphatic carbocycles. The summed E-state index contributed by atoms with van der Waals surface area (Å²) in [5, 5.41) is 0.704. The number of esters is 1. The SMILES string of the molecule is CCC(=O)C(Oc1cc(Cl)cc(Cl)c1)C(=O)OC. The van der Waals surface area contributed by atoms with Crippen molar-refractivity contribution in [1.82, 2.24) is 0 Å². The summed E-state index contributed by atoms with van der Waals surface area (Å²) in [6.07, 6.45) is -1.14. The summed E-state index contributed by atoms with van der Waals surface area (Å²) in [5.74, 6) is -0.888. The van der Waals surface area contributed by atoms with Crippen molar-refractivity contribution >= 4 is 35.0 Å². The predicted molar refractivity (Wildman–Crippen MR) is 68.2 cm³/mol. The lowest BCUT2D eigenvalue weighted by Gasteiger charge is -2.15. The first-order valence-electron chi connectivity index (χ1n) is 5.21. The zero-order valence-electron chi connectivity index (χ0n) is 9.91. The predicted octanol–water partition coefficient (Wildman–Crippen LogP) is 2.89. The fraction of sp³-hybridized carbons (Fsp3) is 0.333. The van der Waals surface area contributed by atoms with Crippen molar-refractivity contribution < 1.29 is 19.1 Å². The van der Waals surface area contributed by atoms with Gasteiger partial charge in [-0.15, -0.1) is 0 Å². The van der Waals surface area contributed by atoms with Gasteiger partial charge in [-0.2, -0.15) is 0 Å². The zero-order valence-corrected chi connectivity index (χ0v) is 11.4. The summed E-state index contributed by atoms with van der Waals surface area (Å²) in [6, 6.07) is 4.45. The summed E-state index contributed by atoms with van der Waals surface area (Å²) < 4.78 is 9.81. The van der Waals surface area contributed by atoms with Crippen LogP contribution in [0.15, 0.2) is 18.2 Å². The molecule has 98 valence electrons. The van der Waals surface area contributed by atoms with Gasteiger partial charge in [0.25, 0.3) is 6.10 Å². The van der Waals surface area contributed by atoms with E-state index in [2.05, 4.69) is 4.74 Å². The molecule has 0 N–H and O–H groups in total. The lowest BCUT2D eigenvalue weighted by molar-refractivity contribution is -0.153. The molecule has 0 aliphatic heterocycles. The molecule has 18 heavy (non-hydrogen) atoms. The highest BCUT2D eigenvalue weighted by Crippen LogP contribution is 2.25. The number of rotatable bonds is 5. The molecule has 1 aromatic rings. The first-order chi connectivity index (χ1) is 8.47. The summed E-state index contributed by atoms with van der Waals surface area (Å²) in [5.41, 5.74) is 0. The number of hydrogen-bond donors (Lipinski definition) is 0. The minimum atomic E-state index is -1.30. The molecule has 0 radical (unpaired) electrons. The number of benzene rings is 1. The Morgan fingerprint density at radius 1 is 1.22 bits per heavy atom. The number of methoxy groups -OCH3 is 1. The van der Waals surface area contributed by atoms with Crippen LogP contribution in [0.5, 0.6) is 5.75 Å². The number of hydrogen-bond acceptors (Lipinski definition) is 4. The topological polar surface area (TPSA) is 52.6 Å². The largest absolute Gasteiger partial charge is 0.471 e. The van der Waals surface area contributed by atoms with Gasteiger partial charge in [0.05, 0.1) is 7.11 Å². The molecule has 1 atom stereocenters. The van der Waals surface area contributed by atoms with Crippen molar-refractivity contribution in [3.63, 3.8) is 0 Å². The smallest absolute Gasteiger partial charge is 0.354 e.